The molecule has 0 spiro atoms. The predicted molar refractivity (Wildman–Crippen MR) is 171 cm³/mol. The molecule has 4 aromatic rings. The van der Waals surface area contributed by atoms with Gasteiger partial charge < -0.3 is 14.6 Å². The molecule has 5 nitrogen and oxygen atoms in total. The maximum atomic E-state index is 12.9. The van der Waals surface area contributed by atoms with E-state index in [1.54, 1.807) is 14.2 Å². The third kappa shape index (κ3) is 8.45. The first-order valence-electron chi connectivity index (χ1n) is 15.1. The number of pyridine rings is 1. The lowest BCUT2D eigenvalue weighted by Crippen LogP contribution is -2.18. The van der Waals surface area contributed by atoms with Crippen LogP contribution in [0.25, 0.3) is 17.0 Å². The molecular formula is C37H43NO4. The highest BCUT2D eigenvalue weighted by molar-refractivity contribution is 5.97. The van der Waals surface area contributed by atoms with Gasteiger partial charge in [0.25, 0.3) is 5.88 Å². The quantitative estimate of drug-likeness (QED) is 0.109. The molecule has 220 valence electrons. The highest BCUT2D eigenvalue weighted by atomic mass is 16.5. The molecule has 0 aliphatic carbocycles. The van der Waals surface area contributed by atoms with Crippen LogP contribution in [0.2, 0.25) is 0 Å². The van der Waals surface area contributed by atoms with Crippen molar-refractivity contribution in [2.75, 3.05) is 14.2 Å². The number of hydrogen-bond acceptors (Lipinski definition) is 4. The van der Waals surface area contributed by atoms with E-state index in [1.807, 2.05) is 48.5 Å². The molecule has 2 atom stereocenters. The van der Waals surface area contributed by atoms with Crippen LogP contribution < -0.4 is 9.47 Å². The lowest BCUT2D eigenvalue weighted by Gasteiger charge is -2.23. The SMILES string of the molecule is CCCCCC(CCC(Cc1ccccc1)/C(=C\c1cccc2nc(OC)c(OC)cc12)C(=O)O)Cc1ccccc1. The van der Waals surface area contributed by atoms with E-state index in [0.717, 1.165) is 47.7 Å². The molecule has 0 aliphatic rings. The summed E-state index contributed by atoms with van der Waals surface area (Å²) in [6, 6.07) is 28.5. The van der Waals surface area contributed by atoms with Crippen molar-refractivity contribution in [3.63, 3.8) is 0 Å². The number of carboxylic acids is 1. The molecule has 0 saturated carbocycles. The van der Waals surface area contributed by atoms with Gasteiger partial charge in [-0.05, 0) is 72.4 Å². The number of fused-ring (bicyclic) bond motifs is 1. The van der Waals surface area contributed by atoms with E-state index < -0.39 is 5.97 Å². The fourth-order valence-electron chi connectivity index (χ4n) is 5.80. The van der Waals surface area contributed by atoms with Gasteiger partial charge in [0.2, 0.25) is 0 Å². The maximum Gasteiger partial charge on any atom is 0.331 e. The number of benzene rings is 3. The van der Waals surface area contributed by atoms with Gasteiger partial charge in [0.1, 0.15) is 0 Å². The second-order valence-corrected chi connectivity index (χ2v) is 11.0. The fourth-order valence-corrected chi connectivity index (χ4v) is 5.80. The van der Waals surface area contributed by atoms with Crippen molar-refractivity contribution in [1.29, 1.82) is 0 Å². The Balaban J connectivity index is 1.69. The van der Waals surface area contributed by atoms with Crippen LogP contribution in [0.15, 0.2) is 90.5 Å². The zero-order valence-corrected chi connectivity index (χ0v) is 25.1. The molecule has 0 amide bonds. The summed E-state index contributed by atoms with van der Waals surface area (Å²) in [4.78, 5) is 17.5. The van der Waals surface area contributed by atoms with Crippen molar-refractivity contribution in [2.24, 2.45) is 11.8 Å². The van der Waals surface area contributed by atoms with Crippen LogP contribution in [0.3, 0.4) is 0 Å². The van der Waals surface area contributed by atoms with Gasteiger partial charge in [-0.3, -0.25) is 0 Å². The number of nitrogens with zero attached hydrogens (tertiary/aromatic N) is 1. The van der Waals surface area contributed by atoms with Gasteiger partial charge in [0, 0.05) is 11.0 Å². The molecule has 1 heterocycles. The van der Waals surface area contributed by atoms with Crippen molar-refractivity contribution < 1.29 is 19.4 Å². The number of rotatable bonds is 16. The normalized spacial score (nSPS) is 13.1. The van der Waals surface area contributed by atoms with E-state index in [1.165, 1.54) is 24.8 Å². The first-order chi connectivity index (χ1) is 20.5. The summed E-state index contributed by atoms with van der Waals surface area (Å²) in [5.74, 6) is 0.397. The monoisotopic (exact) mass is 565 g/mol. The molecule has 1 N–H and O–H groups in total. The number of aliphatic carboxylic acids is 1. The number of carboxylic acid groups (broad SMARTS) is 1. The number of methoxy groups -OCH3 is 2. The number of carbonyl (C=O) groups is 1. The van der Waals surface area contributed by atoms with Crippen molar-refractivity contribution in [3.05, 3.63) is 107 Å². The van der Waals surface area contributed by atoms with E-state index in [9.17, 15) is 9.90 Å². The summed E-state index contributed by atoms with van der Waals surface area (Å²) in [5, 5.41) is 11.4. The smallest absolute Gasteiger partial charge is 0.331 e. The minimum absolute atomic E-state index is 0.141. The highest BCUT2D eigenvalue weighted by Gasteiger charge is 2.24. The van der Waals surface area contributed by atoms with Gasteiger partial charge in [-0.15, -0.1) is 0 Å². The van der Waals surface area contributed by atoms with E-state index >= 15 is 0 Å². The van der Waals surface area contributed by atoms with E-state index in [0.29, 0.717) is 29.5 Å². The Bertz CT molecular complexity index is 1450. The fraction of sp³-hybridized carbons (Fsp3) is 0.351. The number of aromatic nitrogens is 1. The molecule has 5 heteroatoms. The molecular weight excluding hydrogens is 522 g/mol. The third-order valence-electron chi connectivity index (χ3n) is 8.07. The summed E-state index contributed by atoms with van der Waals surface area (Å²) in [6.07, 6.45) is 10.1. The van der Waals surface area contributed by atoms with Crippen LogP contribution in [-0.2, 0) is 17.6 Å². The van der Waals surface area contributed by atoms with Gasteiger partial charge in [0.05, 0.1) is 19.7 Å². The molecule has 4 rings (SSSR count). The summed E-state index contributed by atoms with van der Waals surface area (Å²) in [5.41, 5.74) is 4.45. The average molecular weight is 566 g/mol. The van der Waals surface area contributed by atoms with Crippen LogP contribution in [0.1, 0.15) is 62.1 Å². The summed E-state index contributed by atoms with van der Waals surface area (Å²) in [7, 11) is 3.14. The molecule has 42 heavy (non-hydrogen) atoms. The lowest BCUT2D eigenvalue weighted by molar-refractivity contribution is -0.133. The van der Waals surface area contributed by atoms with Gasteiger partial charge in [-0.25, -0.2) is 9.78 Å². The standard InChI is InChI=1S/C37H43NO4/c1-4-5-8-14-29(23-27-15-9-6-10-16-27)21-22-31(24-28-17-11-7-12-18-28)33(37(39)40)25-30-19-13-20-34-32(30)26-35(41-2)36(38-34)42-3/h6-7,9-13,15-20,25-26,29,31H,4-5,8,14,21-24H2,1-3H3,(H,39,40)/b33-25+. The van der Waals surface area contributed by atoms with Gasteiger partial charge >= 0.3 is 5.97 Å². The second kappa shape index (κ2) is 15.8. The minimum Gasteiger partial charge on any atom is -0.491 e. The summed E-state index contributed by atoms with van der Waals surface area (Å²) < 4.78 is 10.9. The van der Waals surface area contributed by atoms with Crippen LogP contribution in [-0.4, -0.2) is 30.3 Å². The Morgan fingerprint density at radius 1 is 0.833 bits per heavy atom. The topological polar surface area (TPSA) is 68.7 Å². The lowest BCUT2D eigenvalue weighted by atomic mass is 9.81. The molecule has 0 radical (unpaired) electrons. The Labute approximate surface area is 250 Å². The van der Waals surface area contributed by atoms with Gasteiger partial charge in [0.15, 0.2) is 5.75 Å². The summed E-state index contributed by atoms with van der Waals surface area (Å²) in [6.45, 7) is 2.24. The van der Waals surface area contributed by atoms with E-state index in [4.69, 9.17) is 9.47 Å². The zero-order valence-electron chi connectivity index (χ0n) is 25.1. The number of hydrogen-bond donors (Lipinski definition) is 1. The van der Waals surface area contributed by atoms with Crippen LogP contribution in [0.4, 0.5) is 0 Å². The van der Waals surface area contributed by atoms with Gasteiger partial charge in [-0.2, -0.15) is 0 Å². The zero-order chi connectivity index (χ0) is 29.7. The molecule has 3 aromatic carbocycles. The maximum absolute atomic E-state index is 12.9. The molecule has 0 fully saturated rings. The van der Waals surface area contributed by atoms with E-state index in [-0.39, 0.29) is 5.92 Å². The largest absolute Gasteiger partial charge is 0.491 e. The Morgan fingerprint density at radius 2 is 1.52 bits per heavy atom. The van der Waals surface area contributed by atoms with Crippen LogP contribution >= 0.6 is 0 Å². The third-order valence-corrected chi connectivity index (χ3v) is 8.07. The van der Waals surface area contributed by atoms with Crippen molar-refractivity contribution in [3.8, 4) is 11.6 Å². The van der Waals surface area contributed by atoms with Crippen LogP contribution in [0, 0.1) is 11.8 Å². The molecule has 0 bridgehead atoms. The molecule has 2 unspecified atom stereocenters. The Kier molecular flexibility index (Phi) is 11.6. The van der Waals surface area contributed by atoms with Crippen molar-refractivity contribution in [2.45, 2.75) is 58.3 Å². The first kappa shape index (κ1) is 30.8. The molecule has 1 aromatic heterocycles. The van der Waals surface area contributed by atoms with Crippen molar-refractivity contribution in [1.82, 2.24) is 4.98 Å². The van der Waals surface area contributed by atoms with E-state index in [2.05, 4.69) is 54.4 Å². The minimum atomic E-state index is -0.882. The first-order valence-corrected chi connectivity index (χ1v) is 15.1. The molecule has 0 saturated heterocycles. The predicted octanol–water partition coefficient (Wildman–Crippen LogP) is 8.80. The highest BCUT2D eigenvalue weighted by Crippen LogP contribution is 2.34. The summed E-state index contributed by atoms with van der Waals surface area (Å²) >= 11 is 0. The van der Waals surface area contributed by atoms with Crippen molar-refractivity contribution >= 4 is 22.9 Å². The molecule has 0 aliphatic heterocycles. The number of ether oxygens (including phenoxy) is 2. The number of unbranched alkanes of at least 4 members (excludes halogenated alkanes) is 2. The average Bonchev–Trinajstić information content (AvgIpc) is 3.02. The Morgan fingerprint density at radius 3 is 2.14 bits per heavy atom. The Hall–Kier alpha value is -4.12. The van der Waals surface area contributed by atoms with Crippen LogP contribution in [0.5, 0.6) is 11.6 Å². The van der Waals surface area contributed by atoms with Gasteiger partial charge in [-0.1, -0.05) is 105 Å². The second-order valence-electron chi connectivity index (χ2n) is 11.0.